The standard InChI is InChI=1S/C11H11BrFN3/c12-9-5-10(13)11(15-7-9)16-3-1-8(6-14)2-4-16/h5,7-8H,1-4H2. The van der Waals surface area contributed by atoms with E-state index in [4.69, 9.17) is 5.26 Å². The van der Waals surface area contributed by atoms with Gasteiger partial charge in [-0.1, -0.05) is 0 Å². The van der Waals surface area contributed by atoms with E-state index in [2.05, 4.69) is 27.0 Å². The zero-order valence-electron chi connectivity index (χ0n) is 8.66. The van der Waals surface area contributed by atoms with Gasteiger partial charge in [0, 0.05) is 29.7 Å². The lowest BCUT2D eigenvalue weighted by Crippen LogP contribution is -2.34. The highest BCUT2D eigenvalue weighted by Gasteiger charge is 2.21. The highest BCUT2D eigenvalue weighted by molar-refractivity contribution is 9.10. The van der Waals surface area contributed by atoms with Crippen LogP contribution in [0.2, 0.25) is 0 Å². The lowest BCUT2D eigenvalue weighted by atomic mass is 9.99. The number of rotatable bonds is 1. The molecule has 84 valence electrons. The fourth-order valence-electron chi connectivity index (χ4n) is 1.86. The Balaban J connectivity index is 2.12. The van der Waals surface area contributed by atoms with E-state index in [1.54, 1.807) is 6.20 Å². The molecular weight excluding hydrogens is 273 g/mol. The third-order valence-electron chi connectivity index (χ3n) is 2.77. The van der Waals surface area contributed by atoms with E-state index in [0.29, 0.717) is 23.4 Å². The Morgan fingerprint density at radius 2 is 2.19 bits per heavy atom. The summed E-state index contributed by atoms with van der Waals surface area (Å²) >= 11 is 3.18. The molecule has 0 saturated carbocycles. The summed E-state index contributed by atoms with van der Waals surface area (Å²) in [6, 6.07) is 3.67. The minimum Gasteiger partial charge on any atom is -0.354 e. The van der Waals surface area contributed by atoms with Gasteiger partial charge in [-0.2, -0.15) is 5.26 Å². The summed E-state index contributed by atoms with van der Waals surface area (Å²) in [5.41, 5.74) is 0. The SMILES string of the molecule is N#CC1CCN(c2ncc(Br)cc2F)CC1. The van der Waals surface area contributed by atoms with Gasteiger partial charge in [0.15, 0.2) is 11.6 Å². The van der Waals surface area contributed by atoms with Crippen molar-refractivity contribution in [3.63, 3.8) is 0 Å². The van der Waals surface area contributed by atoms with Crippen LogP contribution in [0.3, 0.4) is 0 Å². The van der Waals surface area contributed by atoms with Gasteiger partial charge < -0.3 is 4.90 Å². The minimum atomic E-state index is -0.315. The number of halogens is 2. The molecule has 0 spiro atoms. The first-order valence-electron chi connectivity index (χ1n) is 5.16. The third-order valence-corrected chi connectivity index (χ3v) is 3.20. The monoisotopic (exact) mass is 283 g/mol. The highest BCUT2D eigenvalue weighted by Crippen LogP contribution is 2.24. The summed E-state index contributed by atoms with van der Waals surface area (Å²) in [6.07, 6.45) is 3.16. The van der Waals surface area contributed by atoms with Crippen molar-refractivity contribution in [3.8, 4) is 6.07 Å². The van der Waals surface area contributed by atoms with E-state index in [9.17, 15) is 4.39 Å². The van der Waals surface area contributed by atoms with Gasteiger partial charge in [0.05, 0.1) is 6.07 Å². The van der Waals surface area contributed by atoms with Crippen molar-refractivity contribution in [2.45, 2.75) is 12.8 Å². The first kappa shape index (κ1) is 11.3. The van der Waals surface area contributed by atoms with Gasteiger partial charge in [0.1, 0.15) is 0 Å². The second-order valence-electron chi connectivity index (χ2n) is 3.85. The fourth-order valence-corrected chi connectivity index (χ4v) is 2.16. The molecule has 3 nitrogen and oxygen atoms in total. The minimum absolute atomic E-state index is 0.106. The molecule has 0 unspecified atom stereocenters. The topological polar surface area (TPSA) is 39.9 Å². The summed E-state index contributed by atoms with van der Waals surface area (Å²) in [7, 11) is 0. The maximum absolute atomic E-state index is 13.6. The van der Waals surface area contributed by atoms with Crippen molar-refractivity contribution >= 4 is 21.7 Å². The van der Waals surface area contributed by atoms with Crippen molar-refractivity contribution in [1.29, 1.82) is 5.26 Å². The first-order valence-corrected chi connectivity index (χ1v) is 5.95. The first-order chi connectivity index (χ1) is 7.70. The molecule has 2 rings (SSSR count). The van der Waals surface area contributed by atoms with Gasteiger partial charge in [-0.25, -0.2) is 9.37 Å². The van der Waals surface area contributed by atoms with E-state index in [-0.39, 0.29) is 11.7 Å². The van der Waals surface area contributed by atoms with E-state index in [1.807, 2.05) is 4.90 Å². The van der Waals surface area contributed by atoms with E-state index in [1.165, 1.54) is 6.07 Å². The molecule has 5 heteroatoms. The number of anilines is 1. The molecule has 1 aromatic rings. The normalized spacial score (nSPS) is 17.2. The predicted octanol–water partition coefficient (Wildman–Crippen LogP) is 2.72. The Morgan fingerprint density at radius 3 is 2.75 bits per heavy atom. The maximum Gasteiger partial charge on any atom is 0.166 e. The molecule has 1 fully saturated rings. The van der Waals surface area contributed by atoms with Gasteiger partial charge in [0.25, 0.3) is 0 Å². The summed E-state index contributed by atoms with van der Waals surface area (Å²) in [5.74, 6) is 0.180. The second kappa shape index (κ2) is 4.79. The molecule has 0 atom stereocenters. The molecule has 0 radical (unpaired) electrons. The van der Waals surface area contributed by atoms with Crippen LogP contribution in [0.15, 0.2) is 16.7 Å². The molecular formula is C11H11BrFN3. The number of hydrogen-bond donors (Lipinski definition) is 0. The molecule has 1 aliphatic heterocycles. The maximum atomic E-state index is 13.6. The quantitative estimate of drug-likeness (QED) is 0.796. The molecule has 0 aromatic carbocycles. The Morgan fingerprint density at radius 1 is 1.50 bits per heavy atom. The van der Waals surface area contributed by atoms with Crippen LogP contribution in [0.5, 0.6) is 0 Å². The number of nitriles is 1. The van der Waals surface area contributed by atoms with Crippen LogP contribution in [0.25, 0.3) is 0 Å². The average molecular weight is 284 g/mol. The number of pyridine rings is 1. The lowest BCUT2D eigenvalue weighted by molar-refractivity contribution is 0.477. The number of aromatic nitrogens is 1. The molecule has 0 N–H and O–H groups in total. The third kappa shape index (κ3) is 2.33. The molecule has 0 bridgehead atoms. The van der Waals surface area contributed by atoms with Gasteiger partial charge in [0.2, 0.25) is 0 Å². The molecule has 0 aliphatic carbocycles. The average Bonchev–Trinajstić information content (AvgIpc) is 2.29. The Bertz CT molecular complexity index is 422. The summed E-state index contributed by atoms with van der Waals surface area (Å²) in [6.45, 7) is 1.40. The molecule has 1 saturated heterocycles. The van der Waals surface area contributed by atoms with Crippen LogP contribution in [0.1, 0.15) is 12.8 Å². The number of nitrogens with zero attached hydrogens (tertiary/aromatic N) is 3. The smallest absolute Gasteiger partial charge is 0.166 e. The van der Waals surface area contributed by atoms with Crippen molar-refractivity contribution < 1.29 is 4.39 Å². The van der Waals surface area contributed by atoms with Crippen LogP contribution in [0.4, 0.5) is 10.2 Å². The van der Waals surface area contributed by atoms with Crippen molar-refractivity contribution in [2.24, 2.45) is 5.92 Å². The molecule has 0 amide bonds. The highest BCUT2D eigenvalue weighted by atomic mass is 79.9. The van der Waals surface area contributed by atoms with Crippen molar-refractivity contribution in [1.82, 2.24) is 4.98 Å². The zero-order valence-corrected chi connectivity index (χ0v) is 10.2. The molecule has 2 heterocycles. The Labute approximate surface area is 102 Å². The summed E-state index contributed by atoms with van der Waals surface area (Å²) in [5, 5.41) is 8.77. The number of hydrogen-bond acceptors (Lipinski definition) is 3. The Hall–Kier alpha value is -1.15. The predicted molar refractivity (Wildman–Crippen MR) is 62.4 cm³/mol. The Kier molecular flexibility index (Phi) is 3.39. The van der Waals surface area contributed by atoms with Crippen molar-refractivity contribution in [3.05, 3.63) is 22.6 Å². The number of piperidine rings is 1. The van der Waals surface area contributed by atoms with E-state index < -0.39 is 0 Å². The van der Waals surface area contributed by atoms with Gasteiger partial charge in [-0.15, -0.1) is 0 Å². The molecule has 16 heavy (non-hydrogen) atoms. The summed E-state index contributed by atoms with van der Waals surface area (Å²) < 4.78 is 14.3. The molecule has 1 aromatic heterocycles. The second-order valence-corrected chi connectivity index (χ2v) is 4.77. The van der Waals surface area contributed by atoms with Crippen LogP contribution < -0.4 is 4.90 Å². The van der Waals surface area contributed by atoms with Crippen molar-refractivity contribution in [2.75, 3.05) is 18.0 Å². The van der Waals surface area contributed by atoms with Gasteiger partial charge in [-0.3, -0.25) is 0 Å². The summed E-state index contributed by atoms with van der Waals surface area (Å²) in [4.78, 5) is 5.97. The van der Waals surface area contributed by atoms with Crippen LogP contribution >= 0.6 is 15.9 Å². The van der Waals surface area contributed by atoms with Gasteiger partial charge in [-0.05, 0) is 34.8 Å². The largest absolute Gasteiger partial charge is 0.354 e. The molecule has 1 aliphatic rings. The van der Waals surface area contributed by atoms with Crippen LogP contribution in [0, 0.1) is 23.1 Å². The van der Waals surface area contributed by atoms with E-state index in [0.717, 1.165) is 12.8 Å². The van der Waals surface area contributed by atoms with Gasteiger partial charge >= 0.3 is 0 Å². The fraction of sp³-hybridized carbons (Fsp3) is 0.455. The van der Waals surface area contributed by atoms with Crippen LogP contribution in [-0.4, -0.2) is 18.1 Å². The van der Waals surface area contributed by atoms with Crippen LogP contribution in [-0.2, 0) is 0 Å². The van der Waals surface area contributed by atoms with E-state index >= 15 is 0 Å². The lowest BCUT2D eigenvalue weighted by Gasteiger charge is -2.30. The zero-order chi connectivity index (χ0) is 11.5.